The van der Waals surface area contributed by atoms with E-state index in [0.717, 1.165) is 0 Å². The van der Waals surface area contributed by atoms with E-state index in [-0.39, 0.29) is 12.8 Å². The van der Waals surface area contributed by atoms with E-state index in [2.05, 4.69) is 0 Å². The number of hydrogen-bond acceptors (Lipinski definition) is 2. The van der Waals surface area contributed by atoms with Crippen molar-refractivity contribution in [3.8, 4) is 0 Å². The number of carboxylic acids is 1. The monoisotopic (exact) mass is 163 g/mol. The lowest BCUT2D eigenvalue weighted by atomic mass is 9.99. The molecule has 0 amide bonds. The largest absolute Gasteiger partial charge is 0.481 e. The Balaban J connectivity index is 3.69. The Morgan fingerprint density at radius 1 is 1.73 bits per heavy atom. The Bertz CT molecular complexity index is 142. The zero-order valence-corrected chi connectivity index (χ0v) is 6.80. The average molecular weight is 163 g/mol. The number of carboxylic acid groups (broad SMARTS) is 1. The third-order valence-electron chi connectivity index (χ3n) is 1.18. The molecule has 3 N–H and O–H groups in total. The minimum atomic E-state index is -1.38. The summed E-state index contributed by atoms with van der Waals surface area (Å²) in [6.07, 6.45) is -0.0906. The Kier molecular flexibility index (Phi) is 3.45. The van der Waals surface area contributed by atoms with Crippen molar-refractivity contribution in [3.63, 3.8) is 0 Å². The highest BCUT2D eigenvalue weighted by atomic mass is 19.1. The lowest BCUT2D eigenvalue weighted by molar-refractivity contribution is -0.137. The lowest BCUT2D eigenvalue weighted by Crippen LogP contribution is -2.31. The maximum absolute atomic E-state index is 12.8. The predicted molar refractivity (Wildman–Crippen MR) is 40.0 cm³/mol. The first kappa shape index (κ1) is 10.4. The lowest BCUT2D eigenvalue weighted by Gasteiger charge is -2.17. The Morgan fingerprint density at radius 2 is 2.18 bits per heavy atom. The van der Waals surface area contributed by atoms with Crippen LogP contribution in [-0.2, 0) is 4.79 Å². The molecule has 0 aromatic rings. The van der Waals surface area contributed by atoms with E-state index < -0.39 is 17.7 Å². The molecular formula is C7H14FNO2. The summed E-state index contributed by atoms with van der Waals surface area (Å²) in [5.41, 5.74) is 3.96. The van der Waals surface area contributed by atoms with E-state index in [4.69, 9.17) is 10.8 Å². The molecule has 0 rings (SSSR count). The molecule has 0 saturated carbocycles. The summed E-state index contributed by atoms with van der Waals surface area (Å²) < 4.78 is 12.8. The van der Waals surface area contributed by atoms with Crippen molar-refractivity contribution in [3.05, 3.63) is 0 Å². The second kappa shape index (κ2) is 3.67. The summed E-state index contributed by atoms with van der Waals surface area (Å²) in [7, 11) is 0. The van der Waals surface area contributed by atoms with E-state index in [1.165, 1.54) is 13.8 Å². The molecule has 4 heteroatoms. The highest BCUT2D eigenvalue weighted by molar-refractivity contribution is 5.67. The van der Waals surface area contributed by atoms with Gasteiger partial charge in [0.2, 0.25) is 0 Å². The maximum Gasteiger partial charge on any atom is 0.304 e. The van der Waals surface area contributed by atoms with Crippen molar-refractivity contribution < 1.29 is 14.3 Å². The number of alkyl halides is 1. The second-order valence-corrected chi connectivity index (χ2v) is 3.28. The summed E-state index contributed by atoms with van der Waals surface area (Å²) >= 11 is 0. The van der Waals surface area contributed by atoms with Crippen molar-refractivity contribution in [1.82, 2.24) is 0 Å². The van der Waals surface area contributed by atoms with Crippen LogP contribution in [0.3, 0.4) is 0 Å². The maximum atomic E-state index is 12.8. The van der Waals surface area contributed by atoms with Gasteiger partial charge in [0.15, 0.2) is 0 Å². The molecule has 0 spiro atoms. The molecule has 1 atom stereocenters. The smallest absolute Gasteiger partial charge is 0.304 e. The first-order valence-electron chi connectivity index (χ1n) is 3.47. The number of carbonyl (C=O) groups is 1. The fourth-order valence-electron chi connectivity index (χ4n) is 0.920. The van der Waals surface area contributed by atoms with Gasteiger partial charge in [0.1, 0.15) is 5.67 Å². The number of aliphatic carboxylic acids is 1. The normalized spacial score (nSPS) is 14.5. The summed E-state index contributed by atoms with van der Waals surface area (Å²) in [6, 6.07) is -0.590. The molecule has 0 aromatic heterocycles. The van der Waals surface area contributed by atoms with E-state index >= 15 is 0 Å². The molecule has 0 aromatic carbocycles. The van der Waals surface area contributed by atoms with Crippen molar-refractivity contribution in [2.24, 2.45) is 5.73 Å². The van der Waals surface area contributed by atoms with Gasteiger partial charge >= 0.3 is 5.97 Å². The molecule has 11 heavy (non-hydrogen) atoms. The minimum Gasteiger partial charge on any atom is -0.481 e. The Morgan fingerprint density at radius 3 is 2.45 bits per heavy atom. The molecule has 0 saturated heterocycles. The third kappa shape index (κ3) is 7.25. The molecule has 0 heterocycles. The molecule has 66 valence electrons. The van der Waals surface area contributed by atoms with Gasteiger partial charge in [-0.15, -0.1) is 0 Å². The van der Waals surface area contributed by atoms with E-state index in [1.54, 1.807) is 0 Å². The first-order valence-corrected chi connectivity index (χ1v) is 3.47. The van der Waals surface area contributed by atoms with Crippen molar-refractivity contribution >= 4 is 5.97 Å². The molecule has 0 aliphatic carbocycles. The van der Waals surface area contributed by atoms with Crippen LogP contribution in [0.25, 0.3) is 0 Å². The third-order valence-corrected chi connectivity index (χ3v) is 1.18. The quantitative estimate of drug-likeness (QED) is 0.648. The van der Waals surface area contributed by atoms with Crippen LogP contribution in [0.4, 0.5) is 4.39 Å². The van der Waals surface area contributed by atoms with E-state index in [1.807, 2.05) is 0 Å². The first-order chi connectivity index (χ1) is 4.81. The minimum absolute atomic E-state index is 0.0826. The van der Waals surface area contributed by atoms with Gasteiger partial charge in [-0.2, -0.15) is 0 Å². The SMILES string of the molecule is CC(C)(F)C[C@@H](N)CC(=O)O. The fraction of sp³-hybridized carbons (Fsp3) is 0.857. The summed E-state index contributed by atoms with van der Waals surface area (Å²) in [6.45, 7) is 2.77. The van der Waals surface area contributed by atoms with Gasteiger partial charge in [-0.05, 0) is 20.3 Å². The van der Waals surface area contributed by atoms with Gasteiger partial charge in [0.05, 0.1) is 6.42 Å². The van der Waals surface area contributed by atoms with Crippen molar-refractivity contribution in [2.75, 3.05) is 0 Å². The van der Waals surface area contributed by atoms with E-state index in [9.17, 15) is 9.18 Å². The summed E-state index contributed by atoms with van der Waals surface area (Å²) in [5, 5.41) is 8.28. The molecular weight excluding hydrogens is 149 g/mol. The number of halogens is 1. The van der Waals surface area contributed by atoms with Gasteiger partial charge < -0.3 is 10.8 Å². The van der Waals surface area contributed by atoms with E-state index in [0.29, 0.717) is 0 Å². The van der Waals surface area contributed by atoms with Crippen LogP contribution in [-0.4, -0.2) is 22.8 Å². The second-order valence-electron chi connectivity index (χ2n) is 3.28. The summed E-state index contributed by atoms with van der Waals surface area (Å²) in [5.74, 6) is -0.984. The zero-order chi connectivity index (χ0) is 9.07. The number of rotatable bonds is 4. The van der Waals surface area contributed by atoms with Crippen molar-refractivity contribution in [1.29, 1.82) is 0 Å². The van der Waals surface area contributed by atoms with Crippen LogP contribution in [0.2, 0.25) is 0 Å². The van der Waals surface area contributed by atoms with Crippen LogP contribution in [0, 0.1) is 0 Å². The standard InChI is InChI=1S/C7H14FNO2/c1-7(2,8)4-5(9)3-6(10)11/h5H,3-4,9H2,1-2H3,(H,10,11)/t5-/m0/s1. The Labute approximate surface area is 65.4 Å². The van der Waals surface area contributed by atoms with Gasteiger partial charge in [-0.25, -0.2) is 4.39 Å². The zero-order valence-electron chi connectivity index (χ0n) is 6.80. The average Bonchev–Trinajstić information content (AvgIpc) is 1.53. The molecule has 3 nitrogen and oxygen atoms in total. The highest BCUT2D eigenvalue weighted by Gasteiger charge is 2.21. The van der Waals surface area contributed by atoms with Gasteiger partial charge in [0.25, 0.3) is 0 Å². The van der Waals surface area contributed by atoms with Gasteiger partial charge in [-0.3, -0.25) is 4.79 Å². The van der Waals surface area contributed by atoms with Crippen LogP contribution < -0.4 is 5.73 Å². The van der Waals surface area contributed by atoms with Crippen LogP contribution in [0.5, 0.6) is 0 Å². The van der Waals surface area contributed by atoms with Crippen LogP contribution in [0.1, 0.15) is 26.7 Å². The van der Waals surface area contributed by atoms with Crippen molar-refractivity contribution in [2.45, 2.75) is 38.4 Å². The molecule has 0 aliphatic heterocycles. The molecule has 0 aliphatic rings. The molecule has 0 unspecified atom stereocenters. The molecule has 0 bridgehead atoms. The van der Waals surface area contributed by atoms with Gasteiger partial charge in [0, 0.05) is 6.04 Å². The Hall–Kier alpha value is -0.640. The highest BCUT2D eigenvalue weighted by Crippen LogP contribution is 2.16. The molecule has 0 radical (unpaired) electrons. The fourth-order valence-corrected chi connectivity index (χ4v) is 0.920. The molecule has 0 fully saturated rings. The van der Waals surface area contributed by atoms with Crippen LogP contribution >= 0.6 is 0 Å². The summed E-state index contributed by atoms with van der Waals surface area (Å²) in [4.78, 5) is 10.1. The van der Waals surface area contributed by atoms with Gasteiger partial charge in [-0.1, -0.05) is 0 Å². The number of nitrogens with two attached hydrogens (primary N) is 1. The number of hydrogen-bond donors (Lipinski definition) is 2. The topological polar surface area (TPSA) is 63.3 Å². The predicted octanol–water partition coefficient (Wildman–Crippen LogP) is 0.927. The van der Waals surface area contributed by atoms with Crippen LogP contribution in [0.15, 0.2) is 0 Å².